The maximum atomic E-state index is 3.19. The first-order valence-electron chi connectivity index (χ1n) is 6.02. The van der Waals surface area contributed by atoms with Crippen molar-refractivity contribution in [3.63, 3.8) is 0 Å². The third-order valence-electron chi connectivity index (χ3n) is 15.3. The zero-order valence-electron chi connectivity index (χ0n) is 7.33. The molecule has 5 atom stereocenters. The van der Waals surface area contributed by atoms with Gasteiger partial charge in [0.1, 0.15) is 0 Å². The van der Waals surface area contributed by atoms with Crippen LogP contribution in [0.15, 0.2) is 0 Å². The molecule has 0 amide bonds. The van der Waals surface area contributed by atoms with Crippen molar-refractivity contribution in [2.24, 2.45) is 0 Å². The number of fused-ring (bicyclic) bond motifs is 10. The molecule has 2 heteroatoms. The first-order valence-corrected chi connectivity index (χ1v) is 13.1. The van der Waals surface area contributed by atoms with Crippen LogP contribution in [0, 0.1) is 0 Å². The van der Waals surface area contributed by atoms with Gasteiger partial charge in [0.15, 0.2) is 0 Å². The molecular weight excluding hydrogens is 219 g/mol. The first-order chi connectivity index (χ1) is 6.11. The van der Waals surface area contributed by atoms with Crippen LogP contribution in [0.2, 0.25) is 47.7 Å². The third kappa shape index (κ3) is 0.0330. The van der Waals surface area contributed by atoms with Gasteiger partial charge in [-0.05, 0) is 0 Å². The minimum absolute atomic E-state index is 1.20. The van der Waals surface area contributed by atoms with Gasteiger partial charge in [-0.3, -0.25) is 0 Å². The summed E-state index contributed by atoms with van der Waals surface area (Å²) in [6, 6.07) is 0. The molecule has 0 saturated carbocycles. The normalized spacial score (nSPS) is 152. The zero-order chi connectivity index (χ0) is 7.72. The van der Waals surface area contributed by atoms with Crippen LogP contribution < -0.4 is 0 Å². The summed E-state index contributed by atoms with van der Waals surface area (Å²) >= 11 is 0. The molecule has 13 heavy (non-hydrogen) atoms. The third-order valence-corrected chi connectivity index (χ3v) is 59.4. The Hall–Kier alpha value is 0.949. The Balaban J connectivity index is 2.08. The average molecular weight is 232 g/mol. The summed E-state index contributed by atoms with van der Waals surface area (Å²) < 4.78 is 1.20. The molecular formula is C11H13FeP. The summed E-state index contributed by atoms with van der Waals surface area (Å²) in [4.78, 5) is 13.9. The molecule has 0 nitrogen and oxygen atoms in total. The monoisotopic (exact) mass is 232 g/mol. The molecule has 70 valence electrons. The van der Waals surface area contributed by atoms with E-state index in [9.17, 15) is 0 Å². The summed E-state index contributed by atoms with van der Waals surface area (Å²) in [5, 5.41) is 0. The zero-order valence-corrected chi connectivity index (χ0v) is 9.59. The Labute approximate surface area is 69.7 Å². The molecule has 1 spiro atoms. The summed E-state index contributed by atoms with van der Waals surface area (Å²) in [6.45, 7) is -2.52. The molecule has 10 aliphatic heterocycles. The summed E-state index contributed by atoms with van der Waals surface area (Å²) in [5.41, 5.74) is 0. The molecule has 10 rings (SSSR count). The quantitative estimate of drug-likeness (QED) is 0.478. The molecule has 0 aromatic rings. The van der Waals surface area contributed by atoms with E-state index >= 15 is 0 Å². The van der Waals surface area contributed by atoms with Gasteiger partial charge in [0.25, 0.3) is 0 Å². The molecule has 0 bridgehead atoms. The van der Waals surface area contributed by atoms with Crippen molar-refractivity contribution in [3.8, 4) is 0 Å². The topological polar surface area (TPSA) is 0 Å². The Morgan fingerprint density at radius 2 is 1.31 bits per heavy atom. The molecule has 10 saturated heterocycles. The Morgan fingerprint density at radius 1 is 0.846 bits per heavy atom. The van der Waals surface area contributed by atoms with Gasteiger partial charge in [0.2, 0.25) is 0 Å². The van der Waals surface area contributed by atoms with E-state index in [4.69, 9.17) is 0 Å². The Kier molecular flexibility index (Phi) is 0.0988. The van der Waals surface area contributed by atoms with Gasteiger partial charge >= 0.3 is 69.6 Å². The van der Waals surface area contributed by atoms with Crippen molar-refractivity contribution in [2.75, 3.05) is 6.16 Å². The minimum atomic E-state index is -2.52. The van der Waals surface area contributed by atoms with E-state index in [0.29, 0.717) is 0 Å². The first kappa shape index (κ1) is 4.44. The van der Waals surface area contributed by atoms with Gasteiger partial charge in [-0.15, -0.1) is 0 Å². The molecule has 0 aliphatic carbocycles. The van der Waals surface area contributed by atoms with E-state index in [-0.39, 0.29) is 0 Å². The predicted octanol–water partition coefficient (Wildman–Crippen LogP) is 3.62. The SMILES string of the molecule is PC[C]12[CH]3[CH]4[CH]5[CH]1[Fe]45321678[CH]2[CH]1[CH]6[CH]7[CH]28. The fourth-order valence-electron chi connectivity index (χ4n) is 17.2. The number of hydrogen-bond donors (Lipinski definition) is 0. The van der Waals surface area contributed by atoms with Gasteiger partial charge in [0.05, 0.1) is 0 Å². The second-order valence-electron chi connectivity index (χ2n) is 10.0. The second-order valence-corrected chi connectivity index (χ2v) is 34.1. The van der Waals surface area contributed by atoms with Crippen LogP contribution in [0.3, 0.4) is 0 Å². The number of rotatable bonds is 1. The van der Waals surface area contributed by atoms with E-state index in [0.717, 1.165) is 0 Å². The predicted molar refractivity (Wildman–Crippen MR) is 51.0 cm³/mol. The fraction of sp³-hybridized carbons (Fsp3) is 1.00. The van der Waals surface area contributed by atoms with Crippen LogP contribution in [-0.4, -0.2) is 6.16 Å². The Bertz CT molecular complexity index is 770. The molecule has 10 heterocycles. The van der Waals surface area contributed by atoms with E-state index in [1.165, 1.54) is 13.9 Å². The van der Waals surface area contributed by atoms with E-state index in [1.807, 2.05) is 0 Å². The van der Waals surface area contributed by atoms with Crippen molar-refractivity contribution in [3.05, 3.63) is 0 Å². The number of hydrogen-bond acceptors (Lipinski definition) is 0. The molecule has 5 unspecified atom stereocenters. The Morgan fingerprint density at radius 3 is 1.38 bits per heavy atom. The van der Waals surface area contributed by atoms with E-state index in [1.54, 1.807) is 39.9 Å². The second kappa shape index (κ2) is 0.289. The van der Waals surface area contributed by atoms with Gasteiger partial charge < -0.3 is 0 Å². The van der Waals surface area contributed by atoms with Crippen LogP contribution in [0.1, 0.15) is 0 Å². The average Bonchev–Trinajstić information content (AvgIpc) is 3.12. The van der Waals surface area contributed by atoms with E-state index in [2.05, 4.69) is 9.24 Å². The molecule has 10 aliphatic rings. The standard InChI is InChI=1S/C6H8P.C5H5.Fe/c7-5-6-3-1-2-4-6;1-2-4-5-3-1;/h1-4H,5,7H2;1-5H;. The molecule has 0 aromatic heterocycles. The van der Waals surface area contributed by atoms with Gasteiger partial charge in [-0.25, -0.2) is 0 Å². The van der Waals surface area contributed by atoms with Crippen molar-refractivity contribution in [2.45, 2.75) is 47.7 Å². The van der Waals surface area contributed by atoms with E-state index < -0.39 is 6.51 Å². The van der Waals surface area contributed by atoms with Crippen LogP contribution in [0.4, 0.5) is 0 Å². The van der Waals surface area contributed by atoms with Crippen LogP contribution in [-0.2, 0) is 6.51 Å². The summed E-state index contributed by atoms with van der Waals surface area (Å²) in [6.07, 6.45) is 1.60. The van der Waals surface area contributed by atoms with Crippen molar-refractivity contribution < 1.29 is 6.51 Å². The summed E-state index contributed by atoms with van der Waals surface area (Å²) in [5.74, 6) is 0. The molecule has 0 radical (unpaired) electrons. The van der Waals surface area contributed by atoms with Crippen LogP contribution >= 0.6 is 9.24 Å². The van der Waals surface area contributed by atoms with Gasteiger partial charge in [-0.1, -0.05) is 0 Å². The van der Waals surface area contributed by atoms with Gasteiger partial charge in [-0.2, -0.15) is 0 Å². The van der Waals surface area contributed by atoms with Crippen molar-refractivity contribution in [1.82, 2.24) is 0 Å². The van der Waals surface area contributed by atoms with Crippen LogP contribution in [0.5, 0.6) is 0 Å². The molecule has 0 N–H and O–H groups in total. The fourth-order valence-corrected chi connectivity index (χ4v) is 96.1. The molecule has 0 aromatic carbocycles. The van der Waals surface area contributed by atoms with Crippen molar-refractivity contribution >= 4 is 9.24 Å². The van der Waals surface area contributed by atoms with Crippen LogP contribution in [0.25, 0.3) is 0 Å². The molecule has 10 fully saturated rings. The maximum absolute atomic E-state index is 3.19. The van der Waals surface area contributed by atoms with Crippen molar-refractivity contribution in [1.29, 1.82) is 0 Å². The van der Waals surface area contributed by atoms with Gasteiger partial charge in [0, 0.05) is 0 Å². The summed E-state index contributed by atoms with van der Waals surface area (Å²) in [7, 11) is 3.19.